The van der Waals surface area contributed by atoms with Gasteiger partial charge in [-0.3, -0.25) is 5.41 Å². The predicted octanol–water partition coefficient (Wildman–Crippen LogP) is 7.53. The highest BCUT2D eigenvalue weighted by atomic mass is 32.1. The second kappa shape index (κ2) is 18.0. The van der Waals surface area contributed by atoms with Gasteiger partial charge in [0.25, 0.3) is 0 Å². The van der Waals surface area contributed by atoms with Gasteiger partial charge in [-0.05, 0) is 73.1 Å². The highest BCUT2D eigenvalue weighted by Gasteiger charge is 2.37. The van der Waals surface area contributed by atoms with Crippen LogP contribution in [0.2, 0.25) is 0 Å². The van der Waals surface area contributed by atoms with Gasteiger partial charge < -0.3 is 39.9 Å². The van der Waals surface area contributed by atoms with Crippen molar-refractivity contribution in [2.75, 3.05) is 38.2 Å². The monoisotopic (exact) mass is 815 g/mol. The first-order valence-corrected chi connectivity index (χ1v) is 20.5. The summed E-state index contributed by atoms with van der Waals surface area (Å²) in [4.78, 5) is 38.7. The van der Waals surface area contributed by atoms with Gasteiger partial charge in [0.05, 0.1) is 0 Å². The molecule has 0 saturated carbocycles. The molecule has 7 rings (SSSR count). The molecule has 14 heteroatoms. The number of guanidine groups is 1. The number of hydrogen-bond donors (Lipinski definition) is 4. The molecule has 59 heavy (non-hydrogen) atoms. The quantitative estimate of drug-likeness (QED) is 0.0290. The second-order valence-electron chi connectivity index (χ2n) is 15.5. The van der Waals surface area contributed by atoms with Crippen LogP contribution in [0, 0.1) is 11.3 Å². The highest BCUT2D eigenvalue weighted by Crippen LogP contribution is 2.40. The minimum Gasteiger partial charge on any atom is -0.490 e. The Bertz CT molecular complexity index is 2170. The summed E-state index contributed by atoms with van der Waals surface area (Å²) in [6, 6.07) is 36.1. The second-order valence-corrected chi connectivity index (χ2v) is 16.4. The first kappa shape index (κ1) is 40.8. The standard InChI is InChI=1S/C45H49N7O6S/c1-44(2,3)58-43(55)47-26-31-21-22-51(27-31)41(46)52-28-32-19-20-37(25-33(32)29-52)56-23-24-57-50-39(40(53)54)38-30-59-42(48-38)49-45(34-13-7-4-8-14-34,35-15-9-5-10-16-35)36-17-11-6-12-18-36/h4-20,25,30-31,46H,21-24,26-29H2,1-3H3,(H,47,55)(H,48,49)(H,53,54)/b46-41?,50-39-. The third-order valence-corrected chi connectivity index (χ3v) is 10.9. The van der Waals surface area contributed by atoms with Crippen molar-refractivity contribution in [2.45, 2.75) is 51.4 Å². The lowest BCUT2D eigenvalue weighted by molar-refractivity contribution is -0.129. The van der Waals surface area contributed by atoms with E-state index in [4.69, 9.17) is 19.7 Å². The van der Waals surface area contributed by atoms with E-state index in [2.05, 4.69) is 62.1 Å². The summed E-state index contributed by atoms with van der Waals surface area (Å²) < 4.78 is 11.3. The minimum absolute atomic E-state index is 0.0118. The number of benzene rings is 4. The summed E-state index contributed by atoms with van der Waals surface area (Å²) in [7, 11) is 0. The zero-order valence-corrected chi connectivity index (χ0v) is 34.2. The van der Waals surface area contributed by atoms with E-state index < -0.39 is 23.2 Å². The molecule has 2 aliphatic rings. The fourth-order valence-corrected chi connectivity index (χ4v) is 8.18. The maximum Gasteiger partial charge on any atom is 0.407 e. The van der Waals surface area contributed by atoms with Crippen LogP contribution in [0.1, 0.15) is 60.7 Å². The van der Waals surface area contributed by atoms with Gasteiger partial charge in [-0.25, -0.2) is 14.6 Å². The number of hydrogen-bond acceptors (Lipinski definition) is 10. The fourth-order valence-electron chi connectivity index (χ4n) is 7.43. The number of alkyl carbamates (subject to hydrolysis) is 1. The third kappa shape index (κ3) is 9.83. The largest absolute Gasteiger partial charge is 0.490 e. The SMILES string of the molecule is CC(C)(C)OC(=O)NCC1CCN(C(=N)N2Cc3ccc(OCCO/N=C(\C(=O)O)c4csc(NC(c5ccccc5)(c5ccccc5)c5ccccc5)n4)cc3C2)C1. The van der Waals surface area contributed by atoms with Gasteiger partial charge >= 0.3 is 12.1 Å². The van der Waals surface area contributed by atoms with Crippen LogP contribution in [0.5, 0.6) is 5.75 Å². The van der Waals surface area contributed by atoms with E-state index in [9.17, 15) is 14.7 Å². The Balaban J connectivity index is 0.939. The third-order valence-electron chi connectivity index (χ3n) is 10.2. The molecular weight excluding hydrogens is 767 g/mol. The lowest BCUT2D eigenvalue weighted by Gasteiger charge is -2.36. The summed E-state index contributed by atoms with van der Waals surface area (Å²) >= 11 is 1.29. The van der Waals surface area contributed by atoms with Gasteiger partial charge in [-0.15, -0.1) is 11.3 Å². The van der Waals surface area contributed by atoms with Crippen molar-refractivity contribution < 1.29 is 29.0 Å². The van der Waals surface area contributed by atoms with Crippen molar-refractivity contribution >= 4 is 40.2 Å². The number of nitrogens with one attached hydrogen (secondary N) is 3. The highest BCUT2D eigenvalue weighted by molar-refractivity contribution is 7.14. The molecule has 1 amide bonds. The Kier molecular flexibility index (Phi) is 12.5. The van der Waals surface area contributed by atoms with Crippen LogP contribution in [0.4, 0.5) is 9.93 Å². The van der Waals surface area contributed by atoms with Crippen LogP contribution in [0.3, 0.4) is 0 Å². The van der Waals surface area contributed by atoms with Crippen molar-refractivity contribution in [2.24, 2.45) is 11.1 Å². The van der Waals surface area contributed by atoms with Gasteiger partial charge in [0.1, 0.15) is 29.2 Å². The fraction of sp³-hybridized carbons (Fsp3) is 0.311. The van der Waals surface area contributed by atoms with Crippen LogP contribution in [0.15, 0.2) is 120 Å². The van der Waals surface area contributed by atoms with Crippen molar-refractivity contribution in [3.05, 3.63) is 148 Å². The Morgan fingerprint density at radius 3 is 2.12 bits per heavy atom. The molecule has 13 nitrogen and oxygen atoms in total. The first-order chi connectivity index (χ1) is 28.5. The summed E-state index contributed by atoms with van der Waals surface area (Å²) in [6.07, 6.45) is 0.466. The number of oxime groups is 1. The summed E-state index contributed by atoms with van der Waals surface area (Å²) in [5, 5.41) is 31.7. The smallest absolute Gasteiger partial charge is 0.407 e. The van der Waals surface area contributed by atoms with E-state index in [-0.39, 0.29) is 30.5 Å². The number of fused-ring (bicyclic) bond motifs is 1. The van der Waals surface area contributed by atoms with E-state index in [1.165, 1.54) is 11.3 Å². The average Bonchev–Trinajstić information content (AvgIpc) is 4.01. The lowest BCUT2D eigenvalue weighted by atomic mass is 9.77. The minimum atomic E-state index is -1.26. The molecule has 0 spiro atoms. The van der Waals surface area contributed by atoms with E-state index in [0.717, 1.165) is 40.8 Å². The molecular formula is C45H49N7O6S. The molecule has 4 aromatic carbocycles. The summed E-state index contributed by atoms with van der Waals surface area (Å²) in [5.41, 5.74) is 3.66. The zero-order valence-electron chi connectivity index (χ0n) is 33.4. The van der Waals surface area contributed by atoms with Gasteiger partial charge in [0.2, 0.25) is 5.71 Å². The van der Waals surface area contributed by atoms with Crippen molar-refractivity contribution in [1.29, 1.82) is 5.41 Å². The van der Waals surface area contributed by atoms with Gasteiger partial charge in [0.15, 0.2) is 17.7 Å². The molecule has 1 fully saturated rings. The molecule has 1 aromatic heterocycles. The summed E-state index contributed by atoms with van der Waals surface area (Å²) in [5.74, 6) is 0.0901. The molecule has 0 bridgehead atoms. The molecule has 1 atom stereocenters. The number of aliphatic carboxylic acids is 1. The summed E-state index contributed by atoms with van der Waals surface area (Å²) in [6.45, 7) is 8.83. The Morgan fingerprint density at radius 2 is 1.51 bits per heavy atom. The van der Waals surface area contributed by atoms with E-state index in [0.29, 0.717) is 43.0 Å². The molecule has 1 unspecified atom stereocenters. The van der Waals surface area contributed by atoms with Crippen LogP contribution >= 0.6 is 11.3 Å². The molecule has 1 saturated heterocycles. The number of rotatable bonds is 14. The van der Waals surface area contributed by atoms with Gasteiger partial charge in [-0.2, -0.15) is 0 Å². The van der Waals surface area contributed by atoms with Crippen LogP contribution in [-0.4, -0.2) is 82.1 Å². The Hall–Kier alpha value is -6.41. The number of anilines is 1. The molecule has 5 aromatic rings. The number of likely N-dealkylation sites (tertiary alicyclic amines) is 1. The van der Waals surface area contributed by atoms with E-state index in [1.807, 2.05) is 98.5 Å². The van der Waals surface area contributed by atoms with Crippen LogP contribution in [-0.2, 0) is 33.0 Å². The first-order valence-electron chi connectivity index (χ1n) is 19.6. The zero-order chi connectivity index (χ0) is 41.4. The molecule has 2 aliphatic heterocycles. The molecule has 0 aliphatic carbocycles. The van der Waals surface area contributed by atoms with Crippen molar-refractivity contribution in [3.63, 3.8) is 0 Å². The molecule has 4 N–H and O–H groups in total. The number of aromatic nitrogens is 1. The molecule has 0 radical (unpaired) electrons. The van der Waals surface area contributed by atoms with E-state index in [1.54, 1.807) is 5.38 Å². The van der Waals surface area contributed by atoms with Gasteiger partial charge in [0, 0.05) is 38.1 Å². The lowest BCUT2D eigenvalue weighted by Crippen LogP contribution is -2.41. The Morgan fingerprint density at radius 1 is 0.881 bits per heavy atom. The number of nitrogens with zero attached hydrogens (tertiary/aromatic N) is 4. The van der Waals surface area contributed by atoms with Crippen LogP contribution < -0.4 is 15.4 Å². The number of carbonyl (C=O) groups excluding carboxylic acids is 1. The number of thiazole rings is 1. The van der Waals surface area contributed by atoms with Crippen molar-refractivity contribution in [1.82, 2.24) is 20.1 Å². The van der Waals surface area contributed by atoms with Crippen LogP contribution in [0.25, 0.3) is 0 Å². The maximum atomic E-state index is 12.4. The number of carbonyl (C=O) groups is 2. The predicted molar refractivity (Wildman–Crippen MR) is 228 cm³/mol. The topological polar surface area (TPSA) is 162 Å². The average molecular weight is 816 g/mol. The van der Waals surface area contributed by atoms with E-state index >= 15 is 0 Å². The molecule has 306 valence electrons. The molecule has 3 heterocycles. The number of amides is 1. The number of carboxylic acid groups (broad SMARTS) is 1. The van der Waals surface area contributed by atoms with Crippen molar-refractivity contribution in [3.8, 4) is 5.75 Å². The Labute approximate surface area is 348 Å². The maximum absolute atomic E-state index is 12.4. The number of carboxylic acids is 1. The van der Waals surface area contributed by atoms with Gasteiger partial charge in [-0.1, -0.05) is 102 Å². The normalized spacial score (nSPS) is 15.4. The number of ether oxygens (including phenoxy) is 2.